The van der Waals surface area contributed by atoms with E-state index in [1.807, 2.05) is 6.92 Å². The van der Waals surface area contributed by atoms with Crippen molar-refractivity contribution in [2.45, 2.75) is 11.8 Å². The van der Waals surface area contributed by atoms with Crippen molar-refractivity contribution < 1.29 is 17.3 Å². The quantitative estimate of drug-likeness (QED) is 0.776. The SMILES string of the molecule is COc1cc(C)ccc1OS(=O)(=O)c1cc(Cl)sc1Cl. The minimum absolute atomic E-state index is 0.0566. The highest BCUT2D eigenvalue weighted by Gasteiger charge is 2.24. The molecule has 1 heterocycles. The second kappa shape index (κ2) is 5.81. The second-order valence-corrected chi connectivity index (χ2v) is 7.68. The molecule has 8 heteroatoms. The molecule has 2 rings (SSSR count). The van der Waals surface area contributed by atoms with Crippen LogP contribution in [-0.4, -0.2) is 15.5 Å². The van der Waals surface area contributed by atoms with Gasteiger partial charge in [-0.3, -0.25) is 0 Å². The first-order valence-electron chi connectivity index (χ1n) is 5.37. The van der Waals surface area contributed by atoms with E-state index in [1.165, 1.54) is 19.2 Å². The van der Waals surface area contributed by atoms with Crippen LogP contribution in [0.25, 0.3) is 0 Å². The number of hydrogen-bond acceptors (Lipinski definition) is 5. The second-order valence-electron chi connectivity index (χ2n) is 3.88. The van der Waals surface area contributed by atoms with Gasteiger partial charge in [0.05, 0.1) is 11.4 Å². The summed E-state index contributed by atoms with van der Waals surface area (Å²) in [5, 5.41) is 0. The average Bonchev–Trinajstić information content (AvgIpc) is 2.71. The summed E-state index contributed by atoms with van der Waals surface area (Å²) < 4.78 is 34.8. The van der Waals surface area contributed by atoms with Crippen molar-refractivity contribution in [2.24, 2.45) is 0 Å². The zero-order chi connectivity index (χ0) is 14.9. The number of rotatable bonds is 4. The number of thiophene rings is 1. The third-order valence-electron chi connectivity index (χ3n) is 2.41. The standard InChI is InChI=1S/C12H10Cl2O4S2/c1-7-3-4-8(9(5-7)17-2)18-20(15,16)10-6-11(13)19-12(10)14/h3-6H,1-2H3. The first kappa shape index (κ1) is 15.4. The lowest BCUT2D eigenvalue weighted by molar-refractivity contribution is 0.390. The van der Waals surface area contributed by atoms with E-state index >= 15 is 0 Å². The average molecular weight is 353 g/mol. The molecule has 0 fully saturated rings. The first-order valence-corrected chi connectivity index (χ1v) is 8.35. The van der Waals surface area contributed by atoms with Crippen LogP contribution in [-0.2, 0) is 10.1 Å². The summed E-state index contributed by atoms with van der Waals surface area (Å²) in [4.78, 5) is -0.156. The molecule has 2 aromatic rings. The third-order valence-corrected chi connectivity index (χ3v) is 5.40. The van der Waals surface area contributed by atoms with Crippen molar-refractivity contribution in [3.05, 3.63) is 38.5 Å². The van der Waals surface area contributed by atoms with Gasteiger partial charge in [-0.05, 0) is 30.7 Å². The number of aryl methyl sites for hydroxylation is 1. The molecule has 0 aliphatic carbocycles. The molecule has 0 aliphatic rings. The normalized spacial score (nSPS) is 11.4. The van der Waals surface area contributed by atoms with E-state index in [0.29, 0.717) is 5.75 Å². The molecular formula is C12H10Cl2O4S2. The molecule has 0 atom stereocenters. The Morgan fingerprint density at radius 2 is 1.85 bits per heavy atom. The van der Waals surface area contributed by atoms with Gasteiger partial charge in [0.2, 0.25) is 0 Å². The summed E-state index contributed by atoms with van der Waals surface area (Å²) in [7, 11) is -2.62. The summed E-state index contributed by atoms with van der Waals surface area (Å²) in [5.41, 5.74) is 0.920. The predicted molar refractivity (Wildman–Crippen MR) is 79.9 cm³/mol. The van der Waals surface area contributed by atoms with Crippen LogP contribution in [0.5, 0.6) is 11.5 Å². The monoisotopic (exact) mass is 352 g/mol. The number of hydrogen-bond donors (Lipinski definition) is 0. The molecule has 0 unspecified atom stereocenters. The Hall–Kier alpha value is -0.950. The number of ether oxygens (including phenoxy) is 1. The molecule has 1 aromatic heterocycles. The molecule has 0 saturated heterocycles. The van der Waals surface area contributed by atoms with Crippen molar-refractivity contribution in [2.75, 3.05) is 7.11 Å². The van der Waals surface area contributed by atoms with Gasteiger partial charge >= 0.3 is 10.1 Å². The van der Waals surface area contributed by atoms with Gasteiger partial charge in [-0.2, -0.15) is 8.42 Å². The van der Waals surface area contributed by atoms with Gasteiger partial charge in [0, 0.05) is 0 Å². The molecule has 0 aliphatic heterocycles. The maximum Gasteiger partial charge on any atom is 0.341 e. The van der Waals surface area contributed by atoms with E-state index in [-0.39, 0.29) is 19.3 Å². The molecule has 0 radical (unpaired) electrons. The molecule has 0 bridgehead atoms. The van der Waals surface area contributed by atoms with Gasteiger partial charge in [-0.25, -0.2) is 0 Å². The highest BCUT2D eigenvalue weighted by molar-refractivity contribution is 7.87. The fourth-order valence-corrected chi connectivity index (χ4v) is 4.55. The molecule has 0 spiro atoms. The van der Waals surface area contributed by atoms with E-state index < -0.39 is 10.1 Å². The van der Waals surface area contributed by atoms with Crippen molar-refractivity contribution in [3.63, 3.8) is 0 Å². The Morgan fingerprint density at radius 3 is 2.40 bits per heavy atom. The summed E-state index contributed by atoms with van der Waals surface area (Å²) in [6, 6.07) is 6.17. The summed E-state index contributed by atoms with van der Waals surface area (Å²) in [5.74, 6) is 0.419. The lowest BCUT2D eigenvalue weighted by Crippen LogP contribution is -2.10. The van der Waals surface area contributed by atoms with Crippen molar-refractivity contribution >= 4 is 44.7 Å². The Kier molecular flexibility index (Phi) is 4.49. The van der Waals surface area contributed by atoms with Crippen LogP contribution < -0.4 is 8.92 Å². The zero-order valence-corrected chi connectivity index (χ0v) is 13.7. The fraction of sp³-hybridized carbons (Fsp3) is 0.167. The number of benzene rings is 1. The van der Waals surface area contributed by atoms with E-state index in [9.17, 15) is 8.42 Å². The number of methoxy groups -OCH3 is 1. The van der Waals surface area contributed by atoms with Gasteiger partial charge in [0.25, 0.3) is 0 Å². The van der Waals surface area contributed by atoms with Crippen LogP contribution in [0.2, 0.25) is 8.67 Å². The van der Waals surface area contributed by atoms with Crippen LogP contribution in [0.15, 0.2) is 29.2 Å². The Labute approximate surface area is 131 Å². The number of halogens is 2. The maximum absolute atomic E-state index is 12.2. The molecule has 0 N–H and O–H groups in total. The van der Waals surface area contributed by atoms with Crippen LogP contribution in [0.3, 0.4) is 0 Å². The Morgan fingerprint density at radius 1 is 1.15 bits per heavy atom. The van der Waals surface area contributed by atoms with Crippen molar-refractivity contribution in [1.29, 1.82) is 0 Å². The van der Waals surface area contributed by atoms with Crippen LogP contribution in [0, 0.1) is 6.92 Å². The van der Waals surface area contributed by atoms with Gasteiger partial charge in [-0.15, -0.1) is 11.3 Å². The van der Waals surface area contributed by atoms with Gasteiger partial charge in [-0.1, -0.05) is 29.3 Å². The van der Waals surface area contributed by atoms with Crippen LogP contribution >= 0.6 is 34.5 Å². The van der Waals surface area contributed by atoms with E-state index in [0.717, 1.165) is 16.9 Å². The van der Waals surface area contributed by atoms with E-state index in [1.54, 1.807) is 12.1 Å². The molecule has 4 nitrogen and oxygen atoms in total. The van der Waals surface area contributed by atoms with Crippen molar-refractivity contribution in [3.8, 4) is 11.5 Å². The van der Waals surface area contributed by atoms with Crippen LogP contribution in [0.1, 0.15) is 5.56 Å². The topological polar surface area (TPSA) is 52.6 Å². The van der Waals surface area contributed by atoms with Crippen molar-refractivity contribution in [1.82, 2.24) is 0 Å². The van der Waals surface area contributed by atoms with Gasteiger partial charge < -0.3 is 8.92 Å². The summed E-state index contributed by atoms with van der Waals surface area (Å²) in [6.45, 7) is 1.86. The fourth-order valence-electron chi connectivity index (χ4n) is 1.50. The Bertz CT molecular complexity index is 738. The largest absolute Gasteiger partial charge is 0.493 e. The first-order chi connectivity index (χ1) is 9.33. The molecule has 1 aromatic carbocycles. The molecule has 0 amide bonds. The van der Waals surface area contributed by atoms with E-state index in [4.69, 9.17) is 32.1 Å². The molecule has 108 valence electrons. The maximum atomic E-state index is 12.2. The minimum atomic E-state index is -4.05. The lowest BCUT2D eigenvalue weighted by atomic mass is 10.2. The Balaban J connectivity index is 2.41. The highest BCUT2D eigenvalue weighted by Crippen LogP contribution is 2.37. The third kappa shape index (κ3) is 3.20. The van der Waals surface area contributed by atoms with E-state index in [2.05, 4.69) is 0 Å². The zero-order valence-electron chi connectivity index (χ0n) is 10.5. The molecule has 20 heavy (non-hydrogen) atoms. The summed E-state index contributed by atoms with van der Waals surface area (Å²) in [6.07, 6.45) is 0. The molecular weight excluding hydrogens is 343 g/mol. The van der Waals surface area contributed by atoms with Gasteiger partial charge in [0.1, 0.15) is 9.23 Å². The van der Waals surface area contributed by atoms with Gasteiger partial charge in [0.15, 0.2) is 11.5 Å². The highest BCUT2D eigenvalue weighted by atomic mass is 35.5. The summed E-state index contributed by atoms with van der Waals surface area (Å²) >= 11 is 12.5. The minimum Gasteiger partial charge on any atom is -0.493 e. The lowest BCUT2D eigenvalue weighted by Gasteiger charge is -2.10. The van der Waals surface area contributed by atoms with Crippen LogP contribution in [0.4, 0.5) is 0 Å². The smallest absolute Gasteiger partial charge is 0.341 e. The predicted octanol–water partition coefficient (Wildman–Crippen LogP) is 4.14. The molecule has 0 saturated carbocycles.